The van der Waals surface area contributed by atoms with Crippen molar-refractivity contribution in [1.82, 2.24) is 4.90 Å². The Labute approximate surface area is 98.0 Å². The van der Waals surface area contributed by atoms with Crippen LogP contribution < -0.4 is 5.73 Å². The Bertz CT molecular complexity index is 198. The van der Waals surface area contributed by atoms with Crippen LogP contribution in [-0.2, 0) is 0 Å². The molecule has 0 radical (unpaired) electrons. The van der Waals surface area contributed by atoms with Crippen LogP contribution in [0.5, 0.6) is 0 Å². The maximum absolute atomic E-state index is 6.04. The number of hydrogen-bond acceptors (Lipinski definition) is 3. The molecule has 2 rings (SSSR count). The Balaban J connectivity index is 1.79. The average molecular weight is 228 g/mol. The summed E-state index contributed by atoms with van der Waals surface area (Å²) in [5.74, 6) is 1.27. The van der Waals surface area contributed by atoms with Gasteiger partial charge in [0.1, 0.15) is 0 Å². The molecule has 0 aromatic rings. The fraction of sp³-hybridized carbons (Fsp3) is 1.00. The van der Waals surface area contributed by atoms with Gasteiger partial charge >= 0.3 is 0 Å². The highest BCUT2D eigenvalue weighted by atomic mass is 32.2. The lowest BCUT2D eigenvalue weighted by molar-refractivity contribution is 0.151. The SMILES string of the molecule is CCSC1CCC(N2CCCC(N)C2)C1. The number of nitrogens with two attached hydrogens (primary N) is 1. The molecule has 0 aromatic heterocycles. The van der Waals surface area contributed by atoms with Crippen molar-refractivity contribution < 1.29 is 0 Å². The second-order valence-electron chi connectivity index (χ2n) is 4.94. The molecule has 88 valence electrons. The maximum Gasteiger partial charge on any atom is 0.0168 e. The predicted octanol–water partition coefficient (Wildman–Crippen LogP) is 2.08. The van der Waals surface area contributed by atoms with Gasteiger partial charge in [0.05, 0.1) is 0 Å². The number of likely N-dealkylation sites (tertiary alicyclic amines) is 1. The first-order valence-electron chi connectivity index (χ1n) is 6.40. The minimum Gasteiger partial charge on any atom is -0.327 e. The molecule has 1 aliphatic carbocycles. The lowest BCUT2D eigenvalue weighted by Crippen LogP contribution is -2.47. The van der Waals surface area contributed by atoms with E-state index in [0.29, 0.717) is 6.04 Å². The molecule has 15 heavy (non-hydrogen) atoms. The van der Waals surface area contributed by atoms with Gasteiger partial charge in [0, 0.05) is 23.9 Å². The molecule has 1 heterocycles. The second kappa shape index (κ2) is 5.55. The highest BCUT2D eigenvalue weighted by molar-refractivity contribution is 7.99. The van der Waals surface area contributed by atoms with Crippen LogP contribution in [0.4, 0.5) is 0 Å². The van der Waals surface area contributed by atoms with Crippen molar-refractivity contribution >= 4 is 11.8 Å². The van der Waals surface area contributed by atoms with E-state index < -0.39 is 0 Å². The quantitative estimate of drug-likeness (QED) is 0.802. The highest BCUT2D eigenvalue weighted by Crippen LogP contribution is 2.33. The Kier molecular flexibility index (Phi) is 4.35. The molecule has 2 aliphatic rings. The van der Waals surface area contributed by atoms with Gasteiger partial charge in [0.25, 0.3) is 0 Å². The molecular formula is C12H24N2S. The van der Waals surface area contributed by atoms with E-state index in [1.807, 2.05) is 0 Å². The second-order valence-corrected chi connectivity index (χ2v) is 6.52. The van der Waals surface area contributed by atoms with Crippen LogP contribution in [0.25, 0.3) is 0 Å². The fourth-order valence-corrected chi connectivity index (χ4v) is 4.14. The summed E-state index contributed by atoms with van der Waals surface area (Å²) in [6, 6.07) is 1.29. The molecule has 0 aromatic carbocycles. The van der Waals surface area contributed by atoms with Gasteiger partial charge in [-0.05, 0) is 44.4 Å². The monoisotopic (exact) mass is 228 g/mol. The summed E-state index contributed by atoms with van der Waals surface area (Å²) >= 11 is 2.15. The third-order valence-corrected chi connectivity index (χ3v) is 5.00. The van der Waals surface area contributed by atoms with Gasteiger partial charge in [0.15, 0.2) is 0 Å². The molecule has 0 bridgehead atoms. The number of rotatable bonds is 3. The largest absolute Gasteiger partial charge is 0.327 e. The molecule has 1 saturated carbocycles. The number of thioether (sulfide) groups is 1. The number of piperidine rings is 1. The van der Waals surface area contributed by atoms with Crippen LogP contribution in [0.3, 0.4) is 0 Å². The third kappa shape index (κ3) is 3.11. The molecule has 2 N–H and O–H groups in total. The topological polar surface area (TPSA) is 29.3 Å². The Hall–Kier alpha value is 0.270. The normalized spacial score (nSPS) is 38.4. The van der Waals surface area contributed by atoms with Crippen molar-refractivity contribution in [2.24, 2.45) is 5.73 Å². The van der Waals surface area contributed by atoms with Gasteiger partial charge < -0.3 is 5.73 Å². The molecule has 0 amide bonds. The van der Waals surface area contributed by atoms with Crippen LogP contribution in [0, 0.1) is 0 Å². The Morgan fingerprint density at radius 2 is 2.20 bits per heavy atom. The lowest BCUT2D eigenvalue weighted by Gasteiger charge is -2.35. The lowest BCUT2D eigenvalue weighted by atomic mass is 10.0. The van der Waals surface area contributed by atoms with E-state index in [1.165, 1.54) is 44.4 Å². The smallest absolute Gasteiger partial charge is 0.0168 e. The van der Waals surface area contributed by atoms with Gasteiger partial charge in [-0.15, -0.1) is 0 Å². The van der Waals surface area contributed by atoms with Crippen molar-refractivity contribution in [2.45, 2.75) is 56.4 Å². The fourth-order valence-electron chi connectivity index (χ4n) is 3.01. The molecule has 2 fully saturated rings. The van der Waals surface area contributed by atoms with Crippen LogP contribution >= 0.6 is 11.8 Å². The van der Waals surface area contributed by atoms with E-state index >= 15 is 0 Å². The zero-order valence-electron chi connectivity index (χ0n) is 9.82. The van der Waals surface area contributed by atoms with Gasteiger partial charge in [-0.25, -0.2) is 0 Å². The minimum absolute atomic E-state index is 0.441. The van der Waals surface area contributed by atoms with E-state index in [1.54, 1.807) is 0 Å². The zero-order valence-corrected chi connectivity index (χ0v) is 10.6. The van der Waals surface area contributed by atoms with Crippen molar-refractivity contribution in [3.05, 3.63) is 0 Å². The van der Waals surface area contributed by atoms with Crippen molar-refractivity contribution in [3.63, 3.8) is 0 Å². The molecule has 3 atom stereocenters. The number of hydrogen-bond donors (Lipinski definition) is 1. The van der Waals surface area contributed by atoms with E-state index in [0.717, 1.165) is 17.8 Å². The molecule has 1 saturated heterocycles. The van der Waals surface area contributed by atoms with Crippen molar-refractivity contribution in [1.29, 1.82) is 0 Å². The van der Waals surface area contributed by atoms with E-state index in [2.05, 4.69) is 23.6 Å². The molecule has 2 nitrogen and oxygen atoms in total. The van der Waals surface area contributed by atoms with E-state index in [4.69, 9.17) is 5.73 Å². The van der Waals surface area contributed by atoms with E-state index in [-0.39, 0.29) is 0 Å². The van der Waals surface area contributed by atoms with Crippen LogP contribution in [0.1, 0.15) is 39.0 Å². The highest BCUT2D eigenvalue weighted by Gasteiger charge is 2.31. The molecule has 3 heteroatoms. The Morgan fingerprint density at radius 1 is 1.33 bits per heavy atom. The van der Waals surface area contributed by atoms with Crippen LogP contribution in [-0.4, -0.2) is 41.1 Å². The molecule has 3 unspecified atom stereocenters. The van der Waals surface area contributed by atoms with Gasteiger partial charge in [0.2, 0.25) is 0 Å². The summed E-state index contributed by atoms with van der Waals surface area (Å²) in [5.41, 5.74) is 6.04. The third-order valence-electron chi connectivity index (χ3n) is 3.76. The average Bonchev–Trinajstić information content (AvgIpc) is 2.67. The summed E-state index contributed by atoms with van der Waals surface area (Å²) in [6.07, 6.45) is 6.78. The standard InChI is InChI=1S/C12H24N2S/c1-2-15-12-6-5-11(8-12)14-7-3-4-10(13)9-14/h10-12H,2-9,13H2,1H3. The van der Waals surface area contributed by atoms with Gasteiger partial charge in [-0.2, -0.15) is 11.8 Å². The molecule has 1 aliphatic heterocycles. The number of nitrogens with zero attached hydrogens (tertiary/aromatic N) is 1. The minimum atomic E-state index is 0.441. The van der Waals surface area contributed by atoms with Gasteiger partial charge in [-0.3, -0.25) is 4.90 Å². The Morgan fingerprint density at radius 3 is 2.93 bits per heavy atom. The first kappa shape index (κ1) is 11.7. The molecule has 0 spiro atoms. The molecular weight excluding hydrogens is 204 g/mol. The van der Waals surface area contributed by atoms with Crippen molar-refractivity contribution in [2.75, 3.05) is 18.8 Å². The van der Waals surface area contributed by atoms with Crippen LogP contribution in [0.15, 0.2) is 0 Å². The predicted molar refractivity (Wildman–Crippen MR) is 68.3 cm³/mol. The first-order valence-corrected chi connectivity index (χ1v) is 7.45. The van der Waals surface area contributed by atoms with Crippen molar-refractivity contribution in [3.8, 4) is 0 Å². The summed E-state index contributed by atoms with van der Waals surface area (Å²) < 4.78 is 0. The zero-order chi connectivity index (χ0) is 10.7. The summed E-state index contributed by atoms with van der Waals surface area (Å²) in [6.45, 7) is 4.71. The van der Waals surface area contributed by atoms with E-state index in [9.17, 15) is 0 Å². The maximum atomic E-state index is 6.04. The summed E-state index contributed by atoms with van der Waals surface area (Å²) in [7, 11) is 0. The summed E-state index contributed by atoms with van der Waals surface area (Å²) in [5, 5.41) is 0.929. The van der Waals surface area contributed by atoms with Crippen LogP contribution in [0.2, 0.25) is 0 Å². The summed E-state index contributed by atoms with van der Waals surface area (Å²) in [4.78, 5) is 2.66. The first-order chi connectivity index (χ1) is 7.29. The van der Waals surface area contributed by atoms with Gasteiger partial charge in [-0.1, -0.05) is 6.92 Å².